The van der Waals surface area contributed by atoms with Crippen molar-refractivity contribution in [1.29, 1.82) is 0 Å². The minimum Gasteiger partial charge on any atom is -0.495 e. The number of sulfonamides is 1. The lowest BCUT2D eigenvalue weighted by Gasteiger charge is -2.20. The van der Waals surface area contributed by atoms with Gasteiger partial charge in [0.15, 0.2) is 0 Å². The van der Waals surface area contributed by atoms with Gasteiger partial charge in [0.05, 0.1) is 23.3 Å². The summed E-state index contributed by atoms with van der Waals surface area (Å²) in [5.41, 5.74) is 0.649. The van der Waals surface area contributed by atoms with Crippen molar-refractivity contribution in [3.63, 3.8) is 0 Å². The molecule has 162 valence electrons. The van der Waals surface area contributed by atoms with E-state index >= 15 is 0 Å². The molecule has 0 radical (unpaired) electrons. The first-order valence-electron chi connectivity index (χ1n) is 9.69. The molecule has 0 saturated carbocycles. The topological polar surface area (TPSA) is 75.7 Å². The maximum absolute atomic E-state index is 14.4. The van der Waals surface area contributed by atoms with Crippen molar-refractivity contribution in [2.45, 2.75) is 37.5 Å². The van der Waals surface area contributed by atoms with Gasteiger partial charge in [-0.05, 0) is 49.6 Å². The molecule has 6 nitrogen and oxygen atoms in total. The Bertz CT molecular complexity index is 1050. The monoisotopic (exact) mass is 454 g/mol. The Morgan fingerprint density at radius 1 is 1.13 bits per heavy atom. The van der Waals surface area contributed by atoms with Gasteiger partial charge in [0.25, 0.3) is 5.91 Å². The number of benzene rings is 2. The van der Waals surface area contributed by atoms with Crippen molar-refractivity contribution in [2.24, 2.45) is 0 Å². The highest BCUT2D eigenvalue weighted by molar-refractivity contribution is 7.89. The van der Waals surface area contributed by atoms with Gasteiger partial charge in [-0.2, -0.15) is 4.31 Å². The number of nitrogens with zero attached hydrogens (tertiary/aromatic N) is 1. The summed E-state index contributed by atoms with van der Waals surface area (Å²) < 4.78 is 47.1. The second-order valence-corrected chi connectivity index (χ2v) is 9.56. The maximum atomic E-state index is 14.4. The van der Waals surface area contributed by atoms with Gasteiger partial charge < -0.3 is 10.1 Å². The first-order valence-corrected chi connectivity index (χ1v) is 11.5. The zero-order valence-corrected chi connectivity index (χ0v) is 18.4. The Morgan fingerprint density at radius 2 is 1.80 bits per heavy atom. The van der Waals surface area contributed by atoms with Gasteiger partial charge in [0, 0.05) is 24.2 Å². The Labute approximate surface area is 181 Å². The number of nitrogens with one attached hydrogen (secondary N) is 1. The van der Waals surface area contributed by atoms with E-state index in [9.17, 15) is 17.6 Å². The first-order chi connectivity index (χ1) is 14.2. The second kappa shape index (κ2) is 9.32. The van der Waals surface area contributed by atoms with Crippen LogP contribution < -0.4 is 10.1 Å². The maximum Gasteiger partial charge on any atom is 0.258 e. The van der Waals surface area contributed by atoms with Crippen LogP contribution in [0.3, 0.4) is 0 Å². The molecular formula is C21H24ClFN2O4S. The largest absolute Gasteiger partial charge is 0.495 e. The predicted molar refractivity (Wildman–Crippen MR) is 114 cm³/mol. The third-order valence-electron chi connectivity index (χ3n) is 5.11. The molecule has 1 aliphatic heterocycles. The van der Waals surface area contributed by atoms with Crippen molar-refractivity contribution < 1.29 is 22.3 Å². The van der Waals surface area contributed by atoms with Gasteiger partial charge in [-0.3, -0.25) is 4.79 Å². The van der Waals surface area contributed by atoms with E-state index in [0.29, 0.717) is 35.1 Å². The molecule has 0 spiro atoms. The van der Waals surface area contributed by atoms with Crippen molar-refractivity contribution in [2.75, 3.05) is 25.5 Å². The average Bonchev–Trinajstić information content (AvgIpc) is 3.00. The van der Waals surface area contributed by atoms with E-state index in [4.69, 9.17) is 16.3 Å². The van der Waals surface area contributed by atoms with E-state index in [-0.39, 0.29) is 10.5 Å². The molecule has 1 fully saturated rings. The summed E-state index contributed by atoms with van der Waals surface area (Å²) in [6.07, 6.45) is 3.52. The van der Waals surface area contributed by atoms with Crippen molar-refractivity contribution in [1.82, 2.24) is 4.31 Å². The van der Waals surface area contributed by atoms with Gasteiger partial charge in [-0.25, -0.2) is 12.8 Å². The number of methoxy groups -OCH3 is 1. The van der Waals surface area contributed by atoms with Gasteiger partial charge in [0.2, 0.25) is 10.0 Å². The molecule has 30 heavy (non-hydrogen) atoms. The number of aryl methyl sites for hydroxylation is 1. The minimum absolute atomic E-state index is 0.102. The lowest BCUT2D eigenvalue weighted by atomic mass is 10.1. The molecule has 0 aromatic heterocycles. The summed E-state index contributed by atoms with van der Waals surface area (Å²) in [7, 11) is -2.39. The van der Waals surface area contributed by atoms with Gasteiger partial charge >= 0.3 is 0 Å². The van der Waals surface area contributed by atoms with Gasteiger partial charge in [0.1, 0.15) is 11.6 Å². The Hall–Kier alpha value is -2.16. The Balaban J connectivity index is 1.92. The molecular weight excluding hydrogens is 431 g/mol. The summed E-state index contributed by atoms with van der Waals surface area (Å²) in [6, 6.07) is 6.43. The summed E-state index contributed by atoms with van der Waals surface area (Å²) in [5.74, 6) is -1.28. The third-order valence-corrected chi connectivity index (χ3v) is 7.42. The summed E-state index contributed by atoms with van der Waals surface area (Å²) in [6.45, 7) is 2.59. The van der Waals surface area contributed by atoms with E-state index in [1.54, 1.807) is 19.1 Å². The fourth-order valence-electron chi connectivity index (χ4n) is 3.39. The molecule has 0 atom stereocenters. The zero-order chi connectivity index (χ0) is 21.9. The third kappa shape index (κ3) is 4.77. The molecule has 9 heteroatoms. The van der Waals surface area contributed by atoms with E-state index in [1.165, 1.54) is 17.5 Å². The van der Waals surface area contributed by atoms with Crippen LogP contribution >= 0.6 is 11.6 Å². The Morgan fingerprint density at radius 3 is 2.43 bits per heavy atom. The van der Waals surface area contributed by atoms with Crippen LogP contribution in [0.15, 0.2) is 35.2 Å². The van der Waals surface area contributed by atoms with E-state index in [1.807, 2.05) is 0 Å². The van der Waals surface area contributed by atoms with E-state index in [2.05, 4.69) is 5.32 Å². The number of ether oxygens (including phenoxy) is 1. The van der Waals surface area contributed by atoms with Crippen molar-refractivity contribution in [3.8, 4) is 5.75 Å². The molecule has 0 unspecified atom stereocenters. The lowest BCUT2D eigenvalue weighted by Crippen LogP contribution is -2.32. The summed E-state index contributed by atoms with van der Waals surface area (Å²) in [5, 5.41) is 3.04. The van der Waals surface area contributed by atoms with Crippen molar-refractivity contribution in [3.05, 3.63) is 52.3 Å². The number of carbonyl (C=O) groups is 1. The number of amides is 1. The molecule has 2 aromatic carbocycles. The second-order valence-electron chi connectivity index (χ2n) is 7.22. The number of halogens is 2. The number of carbonyl (C=O) groups excluding carboxylic acids is 1. The standard InChI is InChI=1S/C21H24ClFN2O4S/c1-14-11-19(20(29-2)13-17(14)22)24-21(26)16-12-15(7-8-18(16)23)30(27,28)25-9-5-3-4-6-10-25/h7-8,11-13H,3-6,9-10H2,1-2H3,(H,24,26). The molecule has 3 rings (SSSR count). The van der Waals surface area contributed by atoms with Crippen LogP contribution in [0.5, 0.6) is 5.75 Å². The number of hydrogen-bond donors (Lipinski definition) is 1. The molecule has 1 aliphatic rings. The van der Waals surface area contributed by atoms with Gasteiger partial charge in [-0.15, -0.1) is 0 Å². The quantitative estimate of drug-likeness (QED) is 0.715. The fourth-order valence-corrected chi connectivity index (χ4v) is 5.09. The molecule has 2 aromatic rings. The van der Waals surface area contributed by atoms with Crippen LogP contribution in [0.2, 0.25) is 5.02 Å². The normalized spacial score (nSPS) is 15.5. The lowest BCUT2D eigenvalue weighted by molar-refractivity contribution is 0.102. The van der Waals surface area contributed by atoms with E-state index in [0.717, 1.165) is 37.8 Å². The van der Waals surface area contributed by atoms with Crippen LogP contribution in [0.25, 0.3) is 0 Å². The van der Waals surface area contributed by atoms with E-state index < -0.39 is 21.7 Å². The number of hydrogen-bond acceptors (Lipinski definition) is 4. The fraction of sp³-hybridized carbons (Fsp3) is 0.381. The van der Waals surface area contributed by atoms with Crippen LogP contribution in [-0.2, 0) is 10.0 Å². The molecule has 1 amide bonds. The smallest absolute Gasteiger partial charge is 0.258 e. The summed E-state index contributed by atoms with van der Waals surface area (Å²) >= 11 is 6.08. The molecule has 0 bridgehead atoms. The predicted octanol–water partition coefficient (Wildman–Crippen LogP) is 4.61. The average molecular weight is 455 g/mol. The van der Waals surface area contributed by atoms with Crippen LogP contribution in [-0.4, -0.2) is 38.8 Å². The number of rotatable bonds is 5. The molecule has 1 heterocycles. The molecule has 1 saturated heterocycles. The minimum atomic E-state index is -3.81. The zero-order valence-electron chi connectivity index (χ0n) is 16.9. The number of anilines is 1. The highest BCUT2D eigenvalue weighted by atomic mass is 35.5. The van der Waals surface area contributed by atoms with Gasteiger partial charge in [-0.1, -0.05) is 24.4 Å². The Kier molecular flexibility index (Phi) is 7.00. The summed E-state index contributed by atoms with van der Waals surface area (Å²) in [4.78, 5) is 12.7. The SMILES string of the molecule is COc1cc(Cl)c(C)cc1NC(=O)c1cc(S(=O)(=O)N2CCCCCC2)ccc1F. The first kappa shape index (κ1) is 22.5. The van der Waals surface area contributed by atoms with Crippen molar-refractivity contribution >= 4 is 33.2 Å². The molecule has 1 N–H and O–H groups in total. The van der Waals surface area contributed by atoms with Crippen LogP contribution in [0, 0.1) is 12.7 Å². The molecule has 0 aliphatic carbocycles. The van der Waals surface area contributed by atoms with Crippen LogP contribution in [0.1, 0.15) is 41.6 Å². The van der Waals surface area contributed by atoms with Crippen LogP contribution in [0.4, 0.5) is 10.1 Å². The highest BCUT2D eigenvalue weighted by Gasteiger charge is 2.27. The highest BCUT2D eigenvalue weighted by Crippen LogP contribution is 2.31.